The predicted octanol–water partition coefficient (Wildman–Crippen LogP) is 5.12. The highest BCUT2D eigenvalue weighted by Gasteiger charge is 2.57. The third-order valence-electron chi connectivity index (χ3n) is 14.7. The van der Waals surface area contributed by atoms with Crippen LogP contribution in [0.4, 0.5) is 0 Å². The Labute approximate surface area is 356 Å². The van der Waals surface area contributed by atoms with Crippen LogP contribution >= 0.6 is 0 Å². The lowest BCUT2D eigenvalue weighted by molar-refractivity contribution is -0.128. The molecule has 0 spiro atoms. The lowest BCUT2D eigenvalue weighted by Gasteiger charge is -2.39. The van der Waals surface area contributed by atoms with Crippen molar-refractivity contribution in [1.29, 1.82) is 0 Å². The van der Waals surface area contributed by atoms with Crippen molar-refractivity contribution in [1.82, 2.24) is 29.6 Å². The number of hydrogen-bond donors (Lipinski definition) is 4. The summed E-state index contributed by atoms with van der Waals surface area (Å²) in [5, 5.41) is 26.8. The van der Waals surface area contributed by atoms with E-state index in [1.807, 2.05) is 85.4 Å². The average Bonchev–Trinajstić information content (AvgIpc) is 4.05. The number of aliphatic hydroxyl groups is 2. The molecule has 328 valence electrons. The smallest absolute Gasteiger partial charge is 0.258 e. The summed E-state index contributed by atoms with van der Waals surface area (Å²) in [6, 6.07) is 7.56. The van der Waals surface area contributed by atoms with Crippen molar-refractivity contribution in [3.63, 3.8) is 0 Å². The van der Waals surface area contributed by atoms with Crippen LogP contribution in [0.3, 0.4) is 0 Å². The quantitative estimate of drug-likeness (QED) is 0.205. The maximum absolute atomic E-state index is 13.2. The van der Waals surface area contributed by atoms with Gasteiger partial charge in [0.15, 0.2) is 0 Å². The molecular weight excluding hydrogens is 757 g/mol. The molecule has 2 saturated carbocycles. The molecule has 6 heterocycles. The molecule has 4 bridgehead atoms. The maximum Gasteiger partial charge on any atom is 0.258 e. The zero-order valence-corrected chi connectivity index (χ0v) is 36.4. The lowest BCUT2D eigenvalue weighted by atomic mass is 9.86. The van der Waals surface area contributed by atoms with Crippen molar-refractivity contribution in [2.24, 2.45) is 35.5 Å². The molecule has 60 heavy (non-hydrogen) atoms. The second-order valence-electron chi connectivity index (χ2n) is 18.3. The fourth-order valence-electron chi connectivity index (χ4n) is 11.9. The number of hydrogen-bond acceptors (Lipinski definition) is 8. The van der Waals surface area contributed by atoms with Crippen LogP contribution in [0.1, 0.15) is 127 Å². The highest BCUT2D eigenvalue weighted by molar-refractivity contribution is 5.81. The molecule has 0 aromatic carbocycles. The van der Waals surface area contributed by atoms with Gasteiger partial charge in [-0.1, -0.05) is 63.8 Å². The number of aromatic nitrogens is 2. The summed E-state index contributed by atoms with van der Waals surface area (Å²) in [5.74, 6) is 0.356. The number of fused-ring (bicyclic) bond motifs is 8. The van der Waals surface area contributed by atoms with E-state index >= 15 is 0 Å². The third kappa shape index (κ3) is 8.50. The number of nitrogens with zero attached hydrogens (tertiary/aromatic N) is 4. The highest BCUT2D eigenvalue weighted by Crippen LogP contribution is 2.51. The van der Waals surface area contributed by atoms with E-state index in [0.29, 0.717) is 49.1 Å². The zero-order chi connectivity index (χ0) is 42.5. The largest absolute Gasteiger partial charge is 0.396 e. The molecule has 0 radical (unpaired) electrons. The Morgan fingerprint density at radius 1 is 0.650 bits per heavy atom. The van der Waals surface area contributed by atoms with E-state index < -0.39 is 0 Å². The van der Waals surface area contributed by atoms with Gasteiger partial charge in [0, 0.05) is 98.9 Å². The van der Waals surface area contributed by atoms with Crippen LogP contribution in [0.15, 0.2) is 46.0 Å². The first kappa shape index (κ1) is 44.2. The molecule has 2 amide bonds. The fourth-order valence-corrected chi connectivity index (χ4v) is 11.9. The zero-order valence-electron chi connectivity index (χ0n) is 36.4. The van der Waals surface area contributed by atoms with Gasteiger partial charge in [-0.15, -0.1) is 0 Å². The van der Waals surface area contributed by atoms with E-state index in [-0.39, 0.29) is 84.0 Å². The monoisotopic (exact) mass is 827 g/mol. The van der Waals surface area contributed by atoms with Gasteiger partial charge in [0.1, 0.15) is 0 Å². The molecule has 4 N–H and O–H groups in total. The third-order valence-corrected chi connectivity index (χ3v) is 14.7. The summed E-state index contributed by atoms with van der Waals surface area (Å²) < 4.78 is 3.73. The second-order valence-corrected chi connectivity index (χ2v) is 18.3. The minimum absolute atomic E-state index is 0.00687. The Bertz CT molecular complexity index is 1850. The Hall–Kier alpha value is -3.84. The fraction of sp³-hybridized carbons (Fsp3) is 0.667. The molecule has 12 heteroatoms. The Morgan fingerprint density at radius 2 is 1.03 bits per heavy atom. The Balaban J connectivity index is 0.000000181. The molecule has 12 nitrogen and oxygen atoms in total. The van der Waals surface area contributed by atoms with Gasteiger partial charge < -0.3 is 30.0 Å². The van der Waals surface area contributed by atoms with Gasteiger partial charge in [-0.2, -0.15) is 0 Å². The maximum atomic E-state index is 13.2. The molecule has 4 aliphatic heterocycles. The van der Waals surface area contributed by atoms with Gasteiger partial charge in [0.2, 0.25) is 11.8 Å². The molecule has 6 aliphatic rings. The number of carbonyl (C=O) groups is 2. The molecule has 2 aliphatic carbocycles. The summed E-state index contributed by atoms with van der Waals surface area (Å²) in [6.07, 6.45) is 19.3. The summed E-state index contributed by atoms with van der Waals surface area (Å²) >= 11 is 0. The molecule has 0 unspecified atom stereocenters. The average molecular weight is 827 g/mol. The van der Waals surface area contributed by atoms with Crippen LogP contribution in [0.5, 0.6) is 0 Å². The van der Waals surface area contributed by atoms with Gasteiger partial charge in [-0.25, -0.2) is 0 Å². The van der Waals surface area contributed by atoms with Crippen molar-refractivity contribution in [3.05, 3.63) is 79.6 Å². The van der Waals surface area contributed by atoms with Crippen molar-refractivity contribution < 1.29 is 19.8 Å². The number of allylic oxidation sites excluding steroid dienone is 2. The van der Waals surface area contributed by atoms with Crippen LogP contribution in [0.2, 0.25) is 0 Å². The number of nitrogens with one attached hydrogen (secondary N) is 2. The number of aliphatic hydroxyl groups excluding tert-OH is 2. The Kier molecular flexibility index (Phi) is 14.7. The number of rotatable bonds is 14. The minimum atomic E-state index is -0.325. The van der Waals surface area contributed by atoms with Crippen LogP contribution in [0.25, 0.3) is 12.2 Å². The van der Waals surface area contributed by atoms with E-state index in [0.717, 1.165) is 37.3 Å². The molecule has 4 fully saturated rings. The van der Waals surface area contributed by atoms with E-state index in [4.69, 9.17) is 0 Å². The van der Waals surface area contributed by atoms with Crippen LogP contribution in [0, 0.1) is 35.5 Å². The van der Waals surface area contributed by atoms with Crippen LogP contribution < -0.4 is 21.8 Å². The van der Waals surface area contributed by atoms with Crippen molar-refractivity contribution >= 4 is 24.0 Å². The first-order valence-corrected chi connectivity index (χ1v) is 23.2. The lowest BCUT2D eigenvalue weighted by Crippen LogP contribution is -2.48. The number of pyridine rings is 2. The molecule has 8 rings (SSSR count). The van der Waals surface area contributed by atoms with Crippen molar-refractivity contribution in [3.8, 4) is 0 Å². The van der Waals surface area contributed by atoms with Gasteiger partial charge >= 0.3 is 0 Å². The van der Waals surface area contributed by atoms with E-state index in [2.05, 4.69) is 20.4 Å². The normalized spacial score (nSPS) is 28.9. The van der Waals surface area contributed by atoms with Gasteiger partial charge in [0.25, 0.3) is 11.1 Å². The Morgan fingerprint density at radius 3 is 1.37 bits per heavy atom. The topological polar surface area (TPSA) is 149 Å². The first-order chi connectivity index (χ1) is 29.2. The molecule has 8 atom stereocenters. The molecule has 2 aromatic heterocycles. The molecular formula is C48H70N6O6. The number of carbonyl (C=O) groups excluding carboxylic acids is 2. The standard InChI is InChI=1S/2C24H35N3O3/c2*1-3-7-17-10-11-19-22-21(23(29)25-12-4-2)18(15-28)20(14-27(19)24(17)30)26(22)13-16-8-5-6-9-16/h2*3,7,10-11,16,18,20-22,28H,4-6,8-9,12-15H2,1-2H3,(H,25,29)/b7-3+;7-3-/t2*18-,20-,21+,22+/m00/s1. The van der Waals surface area contributed by atoms with E-state index in [1.165, 1.54) is 51.4 Å². The number of amides is 2. The van der Waals surface area contributed by atoms with Crippen molar-refractivity contribution in [2.75, 3.05) is 39.4 Å². The second kappa shape index (κ2) is 19.9. The molecule has 2 saturated heterocycles. The van der Waals surface area contributed by atoms with Gasteiger partial charge in [0.05, 0.1) is 23.9 Å². The highest BCUT2D eigenvalue weighted by atomic mass is 16.3. The van der Waals surface area contributed by atoms with E-state index in [9.17, 15) is 29.4 Å². The van der Waals surface area contributed by atoms with Crippen LogP contribution in [-0.2, 0) is 22.7 Å². The van der Waals surface area contributed by atoms with E-state index in [1.54, 1.807) is 0 Å². The predicted molar refractivity (Wildman–Crippen MR) is 236 cm³/mol. The first-order valence-electron chi connectivity index (χ1n) is 23.2. The van der Waals surface area contributed by atoms with Gasteiger partial charge in [-0.3, -0.25) is 29.0 Å². The molecule has 2 aromatic rings. The summed E-state index contributed by atoms with van der Waals surface area (Å²) in [5.41, 5.74) is 3.22. The SMILES string of the molecule is C/C=C/c1ccc2n(c1=O)C[C@H]1[C@H](CO)[C@@H](C(=O)NCCC)[C@@H]2N1CC1CCCC1.C/C=C\c1ccc2n(c1=O)C[C@H]1[C@H](CO)[C@@H](C(=O)NCCC)[C@@H]2N1CC1CCCC1. The summed E-state index contributed by atoms with van der Waals surface area (Å²) in [6.45, 7) is 12.1. The summed E-state index contributed by atoms with van der Waals surface area (Å²) in [7, 11) is 0. The van der Waals surface area contributed by atoms with Gasteiger partial charge in [-0.05, 0) is 88.5 Å². The minimum Gasteiger partial charge on any atom is -0.396 e. The van der Waals surface area contributed by atoms with Crippen LogP contribution in [-0.4, -0.2) is 92.4 Å². The summed E-state index contributed by atoms with van der Waals surface area (Å²) in [4.78, 5) is 57.6. The van der Waals surface area contributed by atoms with Crippen molar-refractivity contribution in [2.45, 2.75) is 129 Å².